The fourth-order valence-electron chi connectivity index (χ4n) is 8.36. The third-order valence-corrected chi connectivity index (χ3v) is 13.3. The highest BCUT2D eigenvalue weighted by Gasteiger charge is 2.59. The van der Waals surface area contributed by atoms with Gasteiger partial charge in [-0.05, 0) is 5.56 Å². The van der Waals surface area contributed by atoms with Gasteiger partial charge in [0.15, 0.2) is 80.4 Å². The molecule has 75 heavy (non-hydrogen) atoms. The normalized spacial score (nSPS) is 36.6. The molecule has 4 aliphatic heterocycles. The van der Waals surface area contributed by atoms with Crippen LogP contribution >= 0.6 is 37.0 Å². The molecule has 34 nitrogen and oxygen atoms in total. The summed E-state index contributed by atoms with van der Waals surface area (Å²) in [5.41, 5.74) is 0.756. The van der Waals surface area contributed by atoms with Gasteiger partial charge in [-0.25, -0.2) is 29.5 Å². The van der Waals surface area contributed by atoms with Crippen LogP contribution in [0.15, 0.2) is 30.3 Å². The van der Waals surface area contributed by atoms with Crippen LogP contribution in [0.3, 0.4) is 0 Å². The third-order valence-electron chi connectivity index (χ3n) is 11.6. The fraction of sp³-hybridized carbons (Fsp3) is 0.784. The predicted octanol–water partition coefficient (Wildman–Crippen LogP) is 0.0592. The molecule has 0 aliphatic carbocycles. The van der Waals surface area contributed by atoms with E-state index >= 15 is 0 Å². The maximum Gasteiger partial charge on any atom is 0.397 e. The lowest BCUT2D eigenvalue weighted by atomic mass is 9.91. The Kier molecular flexibility index (Phi) is 27.0. The quantitative estimate of drug-likeness (QED) is 0.0165. The van der Waals surface area contributed by atoms with Crippen LogP contribution in [0.5, 0.6) is 0 Å². The molecule has 0 bridgehead atoms. The van der Waals surface area contributed by atoms with E-state index in [0.717, 1.165) is 26.9 Å². The van der Waals surface area contributed by atoms with Gasteiger partial charge in [0.1, 0.15) is 73.2 Å². The second kappa shape index (κ2) is 31.7. The van der Waals surface area contributed by atoms with Crippen molar-refractivity contribution in [1.29, 1.82) is 0 Å². The summed E-state index contributed by atoms with van der Waals surface area (Å²) in [6.07, 6.45) is -31.0. The zero-order chi connectivity index (χ0) is 54.8. The Labute approximate surface area is 438 Å². The minimum atomic E-state index is -5.27. The Bertz CT molecular complexity index is 1940. The first-order valence-corrected chi connectivity index (χ1v) is 24.9. The Hall–Kier alpha value is -1.96. The summed E-state index contributed by atoms with van der Waals surface area (Å²) in [4.78, 5) is 25.5. The molecular formula is C37H56O34S4. The number of methoxy groups -OCH3 is 5. The molecule has 0 aromatic heterocycles. The van der Waals surface area contributed by atoms with Gasteiger partial charge in [-0.15, -0.1) is 13.0 Å². The average molecular weight is 1170 g/mol. The molecule has 8 unspecified atom stereocenters. The highest BCUT2D eigenvalue weighted by Crippen LogP contribution is 2.41. The highest BCUT2D eigenvalue weighted by atomic mass is 32.3. The molecule has 4 saturated heterocycles. The average Bonchev–Trinajstić information content (AvgIpc) is 3.38. The van der Waals surface area contributed by atoms with E-state index in [2.05, 4.69) is 32.3 Å². The topological polar surface area (TPSA) is 422 Å². The van der Waals surface area contributed by atoms with Crippen LogP contribution in [0, 0.1) is 5.92 Å². The molecule has 4 fully saturated rings. The molecule has 38 heteroatoms. The summed E-state index contributed by atoms with van der Waals surface area (Å²) in [5, 5.41) is 69.0. The van der Waals surface area contributed by atoms with Crippen molar-refractivity contribution >= 4 is 59.3 Å². The van der Waals surface area contributed by atoms with Gasteiger partial charge in [-0.3, -0.25) is 17.1 Å². The van der Waals surface area contributed by atoms with E-state index in [1.807, 2.05) is 0 Å². The zero-order valence-corrected chi connectivity index (χ0v) is 43.1. The van der Waals surface area contributed by atoms with Gasteiger partial charge in [0.05, 0.1) is 19.8 Å². The van der Waals surface area contributed by atoms with Crippen LogP contribution in [0.25, 0.3) is 0 Å². The van der Waals surface area contributed by atoms with Crippen molar-refractivity contribution in [3.05, 3.63) is 35.9 Å². The van der Waals surface area contributed by atoms with Crippen LogP contribution in [0.1, 0.15) is 12.5 Å². The number of ether oxygens (including phenoxy) is 13. The summed E-state index contributed by atoms with van der Waals surface area (Å²) >= 11 is 0.141. The number of benzene rings is 1. The van der Waals surface area contributed by atoms with Gasteiger partial charge in [0.25, 0.3) is 0 Å². The molecule has 7 N–H and O–H groups in total. The van der Waals surface area contributed by atoms with E-state index in [-0.39, 0.29) is 50.2 Å². The Morgan fingerprint density at radius 1 is 0.560 bits per heavy atom. The molecule has 5 rings (SSSR count). The molecule has 1 aromatic rings. The number of aliphatic hydroxyl groups excluding tert-OH is 1. The lowest BCUT2D eigenvalue weighted by molar-refractivity contribution is -0.436. The monoisotopic (exact) mass is 1170 g/mol. The predicted molar refractivity (Wildman–Crippen MR) is 235 cm³/mol. The van der Waals surface area contributed by atoms with Crippen LogP contribution < -0.4 is 0 Å². The summed E-state index contributed by atoms with van der Waals surface area (Å²) in [7, 11) is 0.583. The summed E-state index contributed by atoms with van der Waals surface area (Å²) in [6, 6.07) is 8.94. The molecule has 432 valence electrons. The Morgan fingerprint density at radius 3 is 1.56 bits per heavy atom. The smallest absolute Gasteiger partial charge is 0.397 e. The van der Waals surface area contributed by atoms with Gasteiger partial charge >= 0.3 is 22.3 Å². The Morgan fingerprint density at radius 2 is 1.04 bits per heavy atom. The zero-order valence-electron chi connectivity index (χ0n) is 39.8. The SMILES string of the molecule is COC1C(OC)[C@H](O[C@H]2O[C@H](COS(=O)(=O)O)[C@@H](O[C@@H]3OC(C(=O)O)[C@H](O)[C@H](OC)C3OC)C(OSOOO)C2C)[C@H](C(=O)O)O[C@@H]1O[C@H]1C(COCc2ccccc2)O[C@@H](OC)C(OSOOO)[C@H]1OSOOO. The minimum absolute atomic E-state index is 0.0144. The van der Waals surface area contributed by atoms with Crippen LogP contribution in [-0.2, 0) is 133 Å². The Balaban J connectivity index is 1.50. The van der Waals surface area contributed by atoms with Crippen molar-refractivity contribution in [1.82, 2.24) is 0 Å². The first-order valence-electron chi connectivity index (χ1n) is 21.5. The number of hydrogen-bond acceptors (Lipinski definition) is 34. The van der Waals surface area contributed by atoms with Gasteiger partial charge in [-0.1, -0.05) is 52.4 Å². The summed E-state index contributed by atoms with van der Waals surface area (Å²) in [6.45, 7) is 0.0157. The molecule has 4 heterocycles. The number of carboxylic acids is 2. The second-order valence-corrected chi connectivity index (χ2v) is 18.3. The largest absolute Gasteiger partial charge is 0.479 e. The number of rotatable bonds is 32. The lowest BCUT2D eigenvalue weighted by Gasteiger charge is -2.50. The number of carboxylic acid groups (broad SMARTS) is 2. The van der Waals surface area contributed by atoms with Crippen molar-refractivity contribution < 1.29 is 160 Å². The first kappa shape index (κ1) is 63.9. The molecular weight excluding hydrogens is 1120 g/mol. The number of carbonyl (C=O) groups is 2. The molecule has 4 aliphatic rings. The molecule has 20 atom stereocenters. The minimum Gasteiger partial charge on any atom is -0.479 e. The van der Waals surface area contributed by atoms with E-state index in [1.165, 1.54) is 21.1 Å². The van der Waals surface area contributed by atoms with Gasteiger partial charge < -0.3 is 76.9 Å². The van der Waals surface area contributed by atoms with Crippen LogP contribution in [0.4, 0.5) is 0 Å². The molecule has 0 amide bonds. The molecule has 0 saturated carbocycles. The van der Waals surface area contributed by atoms with Crippen LogP contribution in [0.2, 0.25) is 0 Å². The van der Waals surface area contributed by atoms with Gasteiger partial charge in [0.2, 0.25) is 0 Å². The van der Waals surface area contributed by atoms with E-state index in [1.54, 1.807) is 30.3 Å². The van der Waals surface area contributed by atoms with E-state index in [9.17, 15) is 37.9 Å². The highest BCUT2D eigenvalue weighted by molar-refractivity contribution is 7.90. The maximum absolute atomic E-state index is 13.3. The van der Waals surface area contributed by atoms with E-state index < -0.39 is 152 Å². The van der Waals surface area contributed by atoms with Crippen molar-refractivity contribution in [3.8, 4) is 0 Å². The van der Waals surface area contributed by atoms with Gasteiger partial charge in [0, 0.05) is 41.5 Å². The molecule has 1 aromatic carbocycles. The maximum atomic E-state index is 13.3. The van der Waals surface area contributed by atoms with E-state index in [0.29, 0.717) is 0 Å². The third kappa shape index (κ3) is 17.3. The van der Waals surface area contributed by atoms with Crippen LogP contribution in [-0.4, -0.2) is 221 Å². The standard InChI is InChI=1S/C37H56O34S4/c1-15-20(63-72-69-66-43)21(58-36-29(51-4)23(49-2)19(38)24(60-36)32(39)40)18(14-55-75(46,47)48)56-34(15)61-26-25(50-3)30(52-5)37(62-28(26)33(41)42)59-22-17(13-54-12-16-10-8-7-9-11-16)57-35(53-6)31(65-74-71-68-45)27(22)64-73-70-67-44/h7-11,15,17-31,34-38,43-45H,12-14H2,1-6H3,(H,39,40)(H,41,42)(H,46,47,48)/t15?,17?,18-,19-,20?,21-,22+,23+,24?,25?,26+,27+,28-,29?,30?,31?,34-,35-,36-,37+/m1/s1. The fourth-order valence-corrected chi connectivity index (χ4v) is 9.82. The second-order valence-electron chi connectivity index (χ2n) is 15.8. The van der Waals surface area contributed by atoms with Gasteiger partial charge in [-0.2, -0.15) is 8.42 Å². The van der Waals surface area contributed by atoms with Crippen molar-refractivity contribution in [2.75, 3.05) is 48.8 Å². The number of aliphatic carboxylic acids is 2. The summed E-state index contributed by atoms with van der Waals surface area (Å²) in [5.74, 6) is -4.60. The van der Waals surface area contributed by atoms with E-state index in [4.69, 9.17) is 89.9 Å². The molecule has 0 radical (unpaired) electrons. The first-order chi connectivity index (χ1) is 36.0. The summed E-state index contributed by atoms with van der Waals surface area (Å²) < 4.78 is 146. The van der Waals surface area contributed by atoms with Crippen molar-refractivity contribution in [2.45, 2.75) is 130 Å². The molecule has 0 spiro atoms. The number of hydrogen-bond donors (Lipinski definition) is 7. The lowest BCUT2D eigenvalue weighted by Crippen LogP contribution is -2.68. The van der Waals surface area contributed by atoms with Crippen molar-refractivity contribution in [2.24, 2.45) is 5.92 Å². The number of aliphatic hydroxyl groups is 1. The van der Waals surface area contributed by atoms with Crippen molar-refractivity contribution in [3.63, 3.8) is 0 Å².